The minimum atomic E-state index is -0.129. The lowest BCUT2D eigenvalue weighted by atomic mass is 10.3. The highest BCUT2D eigenvalue weighted by Gasteiger charge is 2.24. The fourth-order valence-electron chi connectivity index (χ4n) is 2.17. The van der Waals surface area contributed by atoms with Crippen LogP contribution in [0, 0.1) is 0 Å². The molecule has 108 valence electrons. The number of hydrogen-bond donors (Lipinski definition) is 1. The second-order valence-corrected chi connectivity index (χ2v) is 4.65. The molecule has 1 aliphatic heterocycles. The molecule has 0 radical (unpaired) electrons. The van der Waals surface area contributed by atoms with Gasteiger partial charge in [0.05, 0.1) is 12.4 Å². The quantitative estimate of drug-likeness (QED) is 0.816. The highest BCUT2D eigenvalue weighted by molar-refractivity contribution is 5.92. The Bertz CT molecular complexity index is 608. The molecule has 1 saturated heterocycles. The third-order valence-corrected chi connectivity index (χ3v) is 3.29. The smallest absolute Gasteiger partial charge is 0.274 e. The number of amides is 1. The summed E-state index contributed by atoms with van der Waals surface area (Å²) in [7, 11) is 0. The number of carbonyl (C=O) groups excluding carboxylic acids is 1. The second kappa shape index (κ2) is 5.70. The Labute approximate surface area is 121 Å². The van der Waals surface area contributed by atoms with Gasteiger partial charge < -0.3 is 15.5 Å². The zero-order valence-corrected chi connectivity index (χ0v) is 11.4. The van der Waals surface area contributed by atoms with E-state index in [1.807, 2.05) is 0 Å². The van der Waals surface area contributed by atoms with Gasteiger partial charge in [-0.1, -0.05) is 0 Å². The van der Waals surface area contributed by atoms with E-state index in [0.717, 1.165) is 0 Å². The lowest BCUT2D eigenvalue weighted by Crippen LogP contribution is -2.49. The normalized spacial score (nSPS) is 15.0. The molecule has 8 nitrogen and oxygen atoms in total. The van der Waals surface area contributed by atoms with Crippen LogP contribution in [0.3, 0.4) is 0 Å². The van der Waals surface area contributed by atoms with Crippen molar-refractivity contribution in [3.8, 4) is 0 Å². The fourth-order valence-corrected chi connectivity index (χ4v) is 2.17. The lowest BCUT2D eigenvalue weighted by molar-refractivity contribution is 0.0740. The molecule has 21 heavy (non-hydrogen) atoms. The Hall–Kier alpha value is -2.77. The van der Waals surface area contributed by atoms with Gasteiger partial charge in [0, 0.05) is 38.6 Å². The first-order valence-electron chi connectivity index (χ1n) is 6.63. The monoisotopic (exact) mass is 285 g/mol. The number of nitrogens with zero attached hydrogens (tertiary/aromatic N) is 6. The van der Waals surface area contributed by atoms with Crippen LogP contribution in [0.4, 0.5) is 11.8 Å². The topological polar surface area (TPSA) is 101 Å². The first-order valence-corrected chi connectivity index (χ1v) is 6.63. The molecule has 1 amide bonds. The molecule has 0 bridgehead atoms. The molecule has 0 spiro atoms. The Morgan fingerprint density at radius 3 is 2.33 bits per heavy atom. The second-order valence-electron chi connectivity index (χ2n) is 4.65. The van der Waals surface area contributed by atoms with E-state index in [0.29, 0.717) is 43.6 Å². The van der Waals surface area contributed by atoms with Crippen LogP contribution in [0.15, 0.2) is 30.9 Å². The van der Waals surface area contributed by atoms with E-state index in [1.165, 1.54) is 12.4 Å². The van der Waals surface area contributed by atoms with Crippen LogP contribution in [-0.2, 0) is 0 Å². The van der Waals surface area contributed by atoms with E-state index in [-0.39, 0.29) is 5.91 Å². The average molecular weight is 285 g/mol. The van der Waals surface area contributed by atoms with E-state index >= 15 is 0 Å². The molecular formula is C13H15N7O. The first kappa shape index (κ1) is 13.2. The van der Waals surface area contributed by atoms with E-state index in [1.54, 1.807) is 23.4 Å². The van der Waals surface area contributed by atoms with Crippen molar-refractivity contribution in [2.45, 2.75) is 0 Å². The molecule has 2 aromatic rings. The third kappa shape index (κ3) is 2.88. The molecule has 1 aliphatic rings. The summed E-state index contributed by atoms with van der Waals surface area (Å²) >= 11 is 0. The number of hydrogen-bond acceptors (Lipinski definition) is 7. The van der Waals surface area contributed by atoms with Gasteiger partial charge in [0.25, 0.3) is 5.91 Å². The number of nitrogens with two attached hydrogens (primary N) is 1. The number of anilines is 2. The van der Waals surface area contributed by atoms with Crippen LogP contribution in [-0.4, -0.2) is 56.9 Å². The van der Waals surface area contributed by atoms with Crippen molar-refractivity contribution < 1.29 is 4.79 Å². The maximum absolute atomic E-state index is 12.3. The van der Waals surface area contributed by atoms with Crippen molar-refractivity contribution in [2.75, 3.05) is 36.8 Å². The standard InChI is InChI=1S/C13H15N7O/c14-11-9-17-10(8-18-11)12(21)19-4-6-20(7-5-19)13-15-2-1-3-16-13/h1-3,8-9H,4-7H2,(H2,14,18). The molecule has 3 rings (SSSR count). The lowest BCUT2D eigenvalue weighted by Gasteiger charge is -2.34. The molecule has 0 aliphatic carbocycles. The van der Waals surface area contributed by atoms with Gasteiger partial charge in [0.15, 0.2) is 0 Å². The molecule has 3 heterocycles. The van der Waals surface area contributed by atoms with Crippen LogP contribution >= 0.6 is 0 Å². The van der Waals surface area contributed by atoms with Gasteiger partial charge in [-0.25, -0.2) is 19.9 Å². The van der Waals surface area contributed by atoms with Crippen LogP contribution in [0.5, 0.6) is 0 Å². The highest BCUT2D eigenvalue weighted by atomic mass is 16.2. The van der Waals surface area contributed by atoms with E-state index < -0.39 is 0 Å². The molecule has 0 unspecified atom stereocenters. The van der Waals surface area contributed by atoms with Crippen LogP contribution < -0.4 is 10.6 Å². The Morgan fingerprint density at radius 2 is 1.71 bits per heavy atom. The predicted molar refractivity (Wildman–Crippen MR) is 76.6 cm³/mol. The van der Waals surface area contributed by atoms with Crippen LogP contribution in [0.25, 0.3) is 0 Å². The molecule has 2 N–H and O–H groups in total. The maximum atomic E-state index is 12.3. The number of rotatable bonds is 2. The summed E-state index contributed by atoms with van der Waals surface area (Å²) in [5, 5.41) is 0. The zero-order chi connectivity index (χ0) is 14.7. The van der Waals surface area contributed by atoms with Crippen molar-refractivity contribution in [1.82, 2.24) is 24.8 Å². The van der Waals surface area contributed by atoms with Crippen molar-refractivity contribution in [2.24, 2.45) is 0 Å². The summed E-state index contributed by atoms with van der Waals surface area (Å²) in [6, 6.07) is 1.78. The van der Waals surface area contributed by atoms with Gasteiger partial charge in [-0.3, -0.25) is 4.79 Å². The fraction of sp³-hybridized carbons (Fsp3) is 0.308. The zero-order valence-electron chi connectivity index (χ0n) is 11.4. The van der Waals surface area contributed by atoms with Gasteiger partial charge in [-0.05, 0) is 6.07 Å². The Morgan fingerprint density at radius 1 is 1.00 bits per heavy atom. The van der Waals surface area contributed by atoms with Gasteiger partial charge >= 0.3 is 0 Å². The van der Waals surface area contributed by atoms with Crippen LogP contribution in [0.2, 0.25) is 0 Å². The summed E-state index contributed by atoms with van der Waals surface area (Å²) in [6.07, 6.45) is 6.22. The van der Waals surface area contributed by atoms with E-state index in [2.05, 4.69) is 24.8 Å². The number of piperazine rings is 1. The summed E-state index contributed by atoms with van der Waals surface area (Å²) in [6.45, 7) is 2.59. The average Bonchev–Trinajstić information content (AvgIpc) is 2.56. The van der Waals surface area contributed by atoms with E-state index in [4.69, 9.17) is 5.73 Å². The SMILES string of the molecule is Nc1cnc(C(=O)N2CCN(c3ncccn3)CC2)cn1. The largest absolute Gasteiger partial charge is 0.382 e. The van der Waals surface area contributed by atoms with Crippen molar-refractivity contribution >= 4 is 17.7 Å². The summed E-state index contributed by atoms with van der Waals surface area (Å²) in [5.74, 6) is 0.866. The van der Waals surface area contributed by atoms with Crippen molar-refractivity contribution in [3.05, 3.63) is 36.5 Å². The van der Waals surface area contributed by atoms with Crippen molar-refractivity contribution in [3.63, 3.8) is 0 Å². The van der Waals surface area contributed by atoms with Gasteiger partial charge in [0.1, 0.15) is 11.5 Å². The Kier molecular flexibility index (Phi) is 3.59. The van der Waals surface area contributed by atoms with Crippen LogP contribution in [0.1, 0.15) is 10.5 Å². The highest BCUT2D eigenvalue weighted by Crippen LogP contribution is 2.11. The molecule has 2 aromatic heterocycles. The minimum Gasteiger partial charge on any atom is -0.382 e. The van der Waals surface area contributed by atoms with E-state index in [9.17, 15) is 4.79 Å². The molecule has 0 saturated carbocycles. The molecule has 8 heteroatoms. The minimum absolute atomic E-state index is 0.129. The first-order chi connectivity index (χ1) is 10.2. The van der Waals surface area contributed by atoms with Gasteiger partial charge in [-0.2, -0.15) is 0 Å². The summed E-state index contributed by atoms with van der Waals surface area (Å²) in [5.41, 5.74) is 5.78. The third-order valence-electron chi connectivity index (χ3n) is 3.29. The molecule has 1 fully saturated rings. The maximum Gasteiger partial charge on any atom is 0.274 e. The van der Waals surface area contributed by atoms with Gasteiger partial charge in [0.2, 0.25) is 5.95 Å². The molecular weight excluding hydrogens is 270 g/mol. The molecule has 0 aromatic carbocycles. The predicted octanol–water partition coefficient (Wildman–Crippen LogP) is -0.189. The van der Waals surface area contributed by atoms with Crippen molar-refractivity contribution in [1.29, 1.82) is 0 Å². The number of nitrogen functional groups attached to an aromatic ring is 1. The summed E-state index contributed by atoms with van der Waals surface area (Å²) < 4.78 is 0. The summed E-state index contributed by atoms with van der Waals surface area (Å²) in [4.78, 5) is 32.4. The van der Waals surface area contributed by atoms with Gasteiger partial charge in [-0.15, -0.1) is 0 Å². The Balaban J connectivity index is 1.63. The number of aromatic nitrogens is 4. The number of carbonyl (C=O) groups is 1. The molecule has 0 atom stereocenters.